The van der Waals surface area contributed by atoms with Crippen LogP contribution >= 0.6 is 0 Å². The lowest BCUT2D eigenvalue weighted by atomic mass is 9.62. The third kappa shape index (κ3) is 6.83. The topological polar surface area (TPSA) is 66.8 Å². The Bertz CT molecular complexity index is 921. The summed E-state index contributed by atoms with van der Waals surface area (Å²) >= 11 is 0. The maximum Gasteiger partial charge on any atom is 0.341 e. The predicted octanol–water partition coefficient (Wildman–Crippen LogP) is 5.37. The predicted molar refractivity (Wildman–Crippen MR) is 130 cm³/mol. The lowest BCUT2D eigenvalue weighted by Crippen LogP contribution is -2.53. The van der Waals surface area contributed by atoms with Gasteiger partial charge in [0.25, 0.3) is 0 Å². The van der Waals surface area contributed by atoms with E-state index in [0.717, 1.165) is 24.8 Å². The molecule has 1 fully saturated rings. The fourth-order valence-corrected chi connectivity index (χ4v) is 4.96. The van der Waals surface area contributed by atoms with Gasteiger partial charge >= 0.3 is 5.97 Å². The maximum absolute atomic E-state index is 12.8. The molecule has 5 heteroatoms. The van der Waals surface area contributed by atoms with Crippen LogP contribution in [0.2, 0.25) is 0 Å². The minimum Gasteiger partial charge on any atom is -0.482 e. The van der Waals surface area contributed by atoms with Crippen molar-refractivity contribution in [3.8, 4) is 5.75 Å². The number of carbonyl (C=O) groups excluding carboxylic acids is 1. The van der Waals surface area contributed by atoms with E-state index in [1.807, 2.05) is 24.3 Å². The molecule has 2 aromatic rings. The zero-order chi connectivity index (χ0) is 23.8. The van der Waals surface area contributed by atoms with Crippen molar-refractivity contribution in [2.24, 2.45) is 11.3 Å². The Morgan fingerprint density at radius 2 is 1.79 bits per heavy atom. The zero-order valence-electron chi connectivity index (χ0n) is 20.1. The van der Waals surface area contributed by atoms with Crippen molar-refractivity contribution < 1.29 is 19.4 Å². The van der Waals surface area contributed by atoms with Crippen LogP contribution in [0.15, 0.2) is 54.6 Å². The number of aryl methyl sites for hydroxylation is 1. The average molecular weight is 452 g/mol. The van der Waals surface area contributed by atoms with Gasteiger partial charge in [-0.15, -0.1) is 0 Å². The monoisotopic (exact) mass is 451 g/mol. The van der Waals surface area contributed by atoms with Crippen LogP contribution in [0.5, 0.6) is 5.75 Å². The van der Waals surface area contributed by atoms with Crippen LogP contribution in [-0.2, 0) is 22.4 Å². The van der Waals surface area contributed by atoms with Gasteiger partial charge in [-0.3, -0.25) is 4.79 Å². The first-order valence-corrected chi connectivity index (χ1v) is 12.0. The molecule has 1 atom stereocenters. The first-order chi connectivity index (χ1) is 15.8. The summed E-state index contributed by atoms with van der Waals surface area (Å²) in [5, 5.41) is 8.82. The Kier molecular flexibility index (Phi) is 8.54. The minimum absolute atomic E-state index is 0.0460. The first kappa shape index (κ1) is 24.8. The molecule has 1 amide bonds. The number of hydrogen-bond acceptors (Lipinski definition) is 3. The smallest absolute Gasteiger partial charge is 0.341 e. The van der Waals surface area contributed by atoms with Gasteiger partial charge in [-0.2, -0.15) is 0 Å². The highest BCUT2D eigenvalue weighted by molar-refractivity contribution is 5.73. The molecule has 1 aliphatic rings. The fourth-order valence-electron chi connectivity index (χ4n) is 4.96. The summed E-state index contributed by atoms with van der Waals surface area (Å²) in [7, 11) is 0. The van der Waals surface area contributed by atoms with Crippen LogP contribution in [0, 0.1) is 11.3 Å². The van der Waals surface area contributed by atoms with E-state index in [9.17, 15) is 9.59 Å². The lowest BCUT2D eigenvalue weighted by Gasteiger charge is -2.49. The van der Waals surface area contributed by atoms with Crippen molar-refractivity contribution in [2.45, 2.75) is 65.3 Å². The quantitative estimate of drug-likeness (QED) is 0.471. The third-order valence-electron chi connectivity index (χ3n) is 7.19. The molecule has 0 aromatic heterocycles. The Labute approximate surface area is 197 Å². The summed E-state index contributed by atoms with van der Waals surface area (Å²) < 4.78 is 5.30. The van der Waals surface area contributed by atoms with Gasteiger partial charge in [0.2, 0.25) is 5.91 Å². The van der Waals surface area contributed by atoms with Crippen LogP contribution in [0.1, 0.15) is 57.6 Å². The van der Waals surface area contributed by atoms with Crippen LogP contribution in [0.3, 0.4) is 0 Å². The van der Waals surface area contributed by atoms with E-state index < -0.39 is 5.97 Å². The number of carbonyl (C=O) groups is 2. The molecule has 3 rings (SSSR count). The highest BCUT2D eigenvalue weighted by atomic mass is 16.5. The highest BCUT2D eigenvalue weighted by Crippen LogP contribution is 2.46. The summed E-state index contributed by atoms with van der Waals surface area (Å²) in [6, 6.07) is 18.2. The SMILES string of the molecule is CC(=O)N(CCCc1cccc(OCC(=O)O)c1)C(Cc1ccccc1)C(C)(C)C1CCC1. The summed E-state index contributed by atoms with van der Waals surface area (Å²) in [6.07, 6.45) is 6.28. The van der Waals surface area contributed by atoms with E-state index in [1.54, 1.807) is 13.0 Å². The highest BCUT2D eigenvalue weighted by Gasteiger charge is 2.43. The number of ether oxygens (including phenoxy) is 1. The van der Waals surface area contributed by atoms with Gasteiger partial charge in [-0.1, -0.05) is 62.7 Å². The molecule has 1 saturated carbocycles. The zero-order valence-corrected chi connectivity index (χ0v) is 20.1. The van der Waals surface area contributed by atoms with Crippen molar-refractivity contribution in [3.63, 3.8) is 0 Å². The number of carboxylic acid groups (broad SMARTS) is 1. The standard InChI is InChI=1S/C28H37NO4/c1-21(30)29(17-9-13-22-12-7-16-25(18-22)33-20-27(31)32)26(19-23-10-5-4-6-11-23)28(2,3)24-14-8-15-24/h4-7,10-12,16,18,24,26H,8-9,13-15,17,19-20H2,1-3H3,(H,31,32). The number of nitrogens with zero attached hydrogens (tertiary/aromatic N) is 1. The molecule has 0 bridgehead atoms. The van der Waals surface area contributed by atoms with Crippen molar-refractivity contribution in [1.29, 1.82) is 0 Å². The van der Waals surface area contributed by atoms with Gasteiger partial charge in [0.1, 0.15) is 5.75 Å². The van der Waals surface area contributed by atoms with Crippen LogP contribution in [-0.4, -0.2) is 41.1 Å². The lowest BCUT2D eigenvalue weighted by molar-refractivity contribution is -0.139. The second-order valence-corrected chi connectivity index (χ2v) is 9.80. The van der Waals surface area contributed by atoms with Gasteiger partial charge in [-0.25, -0.2) is 4.79 Å². The second-order valence-electron chi connectivity index (χ2n) is 9.80. The van der Waals surface area contributed by atoms with Crippen LogP contribution < -0.4 is 4.74 Å². The van der Waals surface area contributed by atoms with Gasteiger partial charge in [0.15, 0.2) is 6.61 Å². The molecular weight excluding hydrogens is 414 g/mol. The Morgan fingerprint density at radius 3 is 2.39 bits per heavy atom. The van der Waals surface area contributed by atoms with E-state index in [2.05, 4.69) is 43.0 Å². The first-order valence-electron chi connectivity index (χ1n) is 12.0. The van der Waals surface area contributed by atoms with Crippen LogP contribution in [0.25, 0.3) is 0 Å². The summed E-state index contributed by atoms with van der Waals surface area (Å²) in [4.78, 5) is 25.7. The molecule has 2 aromatic carbocycles. The molecule has 0 heterocycles. The number of aliphatic carboxylic acids is 1. The third-order valence-corrected chi connectivity index (χ3v) is 7.19. The minimum atomic E-state index is -0.990. The number of carboxylic acids is 1. The molecule has 1 N–H and O–H groups in total. The molecule has 5 nitrogen and oxygen atoms in total. The summed E-state index contributed by atoms with van der Waals surface area (Å²) in [5.74, 6) is 0.348. The van der Waals surface area contributed by atoms with E-state index in [4.69, 9.17) is 9.84 Å². The summed E-state index contributed by atoms with van der Waals surface area (Å²) in [5.41, 5.74) is 2.40. The van der Waals surface area contributed by atoms with Crippen molar-refractivity contribution in [2.75, 3.05) is 13.2 Å². The molecule has 0 aliphatic heterocycles. The fraction of sp³-hybridized carbons (Fsp3) is 0.500. The maximum atomic E-state index is 12.8. The molecule has 33 heavy (non-hydrogen) atoms. The average Bonchev–Trinajstić information content (AvgIpc) is 2.73. The van der Waals surface area contributed by atoms with Gasteiger partial charge in [0, 0.05) is 19.5 Å². The molecule has 1 unspecified atom stereocenters. The Hall–Kier alpha value is -2.82. The number of benzene rings is 2. The normalized spacial score (nSPS) is 14.9. The molecular formula is C28H37NO4. The molecule has 0 radical (unpaired) electrons. The summed E-state index contributed by atoms with van der Waals surface area (Å²) in [6.45, 7) is 6.71. The Morgan fingerprint density at radius 1 is 1.09 bits per heavy atom. The Balaban J connectivity index is 1.70. The molecule has 1 aliphatic carbocycles. The molecule has 0 saturated heterocycles. The largest absolute Gasteiger partial charge is 0.482 e. The second kappa shape index (κ2) is 11.4. The van der Waals surface area contributed by atoms with E-state index in [0.29, 0.717) is 18.2 Å². The number of amides is 1. The van der Waals surface area contributed by atoms with Gasteiger partial charge in [0.05, 0.1) is 0 Å². The number of hydrogen-bond donors (Lipinski definition) is 1. The van der Waals surface area contributed by atoms with Crippen LogP contribution in [0.4, 0.5) is 0 Å². The van der Waals surface area contributed by atoms with Gasteiger partial charge < -0.3 is 14.7 Å². The van der Waals surface area contributed by atoms with E-state index in [-0.39, 0.29) is 24.0 Å². The van der Waals surface area contributed by atoms with Crippen molar-refractivity contribution in [3.05, 3.63) is 65.7 Å². The van der Waals surface area contributed by atoms with E-state index in [1.165, 1.54) is 24.8 Å². The molecule has 178 valence electrons. The van der Waals surface area contributed by atoms with Crippen molar-refractivity contribution in [1.82, 2.24) is 4.90 Å². The van der Waals surface area contributed by atoms with Crippen molar-refractivity contribution >= 4 is 11.9 Å². The van der Waals surface area contributed by atoms with E-state index >= 15 is 0 Å². The van der Waals surface area contributed by atoms with Gasteiger partial charge in [-0.05, 0) is 66.7 Å². The number of rotatable bonds is 12. The molecule has 0 spiro atoms.